The van der Waals surface area contributed by atoms with Crippen LogP contribution in [0.5, 0.6) is 0 Å². The first-order valence-corrected chi connectivity index (χ1v) is 13.1. The molecular weight excluding hydrogens is 518 g/mol. The lowest BCUT2D eigenvalue weighted by molar-refractivity contribution is 0.00720. The van der Waals surface area contributed by atoms with Crippen LogP contribution in [0.1, 0.15) is 41.1 Å². The van der Waals surface area contributed by atoms with Gasteiger partial charge in [0.1, 0.15) is 12.2 Å². The van der Waals surface area contributed by atoms with E-state index in [4.69, 9.17) is 11.6 Å². The van der Waals surface area contributed by atoms with Gasteiger partial charge in [-0.25, -0.2) is 4.98 Å². The number of benzene rings is 2. The molecule has 3 aromatic heterocycles. The Labute approximate surface area is 229 Å². The molecular formula is C28H28ClN7O3. The summed E-state index contributed by atoms with van der Waals surface area (Å²) in [5, 5.41) is 38.9. The highest BCUT2D eigenvalue weighted by atomic mass is 35.5. The molecule has 1 aliphatic carbocycles. The molecule has 0 radical (unpaired) electrons. The number of nitrogens with zero attached hydrogens (tertiary/aromatic N) is 6. The van der Waals surface area contributed by atoms with E-state index in [9.17, 15) is 15.3 Å². The minimum atomic E-state index is -1.08. The van der Waals surface area contributed by atoms with Gasteiger partial charge in [0.2, 0.25) is 5.28 Å². The largest absolute Gasteiger partial charge is 0.392 e. The molecule has 1 aliphatic rings. The first-order valence-electron chi connectivity index (χ1n) is 12.8. The molecule has 39 heavy (non-hydrogen) atoms. The Morgan fingerprint density at radius 3 is 2.26 bits per heavy atom. The zero-order chi connectivity index (χ0) is 26.9. The minimum absolute atomic E-state index is 0.0481. The van der Waals surface area contributed by atoms with Crippen molar-refractivity contribution in [2.75, 3.05) is 11.9 Å². The quantitative estimate of drug-likeness (QED) is 0.218. The van der Waals surface area contributed by atoms with Gasteiger partial charge in [0.15, 0.2) is 17.0 Å². The van der Waals surface area contributed by atoms with Crippen LogP contribution < -0.4 is 5.32 Å². The molecule has 0 amide bonds. The van der Waals surface area contributed by atoms with Crippen molar-refractivity contribution >= 4 is 28.6 Å². The summed E-state index contributed by atoms with van der Waals surface area (Å²) in [7, 11) is 0. The van der Waals surface area contributed by atoms with E-state index < -0.39 is 24.3 Å². The highest BCUT2D eigenvalue weighted by Gasteiger charge is 2.44. The fourth-order valence-electron chi connectivity index (χ4n) is 5.42. The van der Waals surface area contributed by atoms with Crippen LogP contribution in [0.15, 0.2) is 79.4 Å². The Morgan fingerprint density at radius 1 is 0.949 bits per heavy atom. The second-order valence-corrected chi connectivity index (χ2v) is 10.1. The second-order valence-electron chi connectivity index (χ2n) is 9.76. The summed E-state index contributed by atoms with van der Waals surface area (Å²) in [5.41, 5.74) is 3.94. The van der Waals surface area contributed by atoms with Crippen LogP contribution in [0.25, 0.3) is 11.2 Å². The Hall–Kier alpha value is -3.83. The zero-order valence-corrected chi connectivity index (χ0v) is 21.7. The van der Waals surface area contributed by atoms with Crippen LogP contribution in [-0.4, -0.2) is 63.4 Å². The second kappa shape index (κ2) is 10.7. The third-order valence-electron chi connectivity index (χ3n) is 7.43. The molecule has 4 atom stereocenters. The van der Waals surface area contributed by atoms with E-state index >= 15 is 0 Å². The fraction of sp³-hybridized carbons (Fsp3) is 0.286. The van der Waals surface area contributed by atoms with Crippen molar-refractivity contribution in [3.8, 4) is 0 Å². The van der Waals surface area contributed by atoms with Gasteiger partial charge in [0, 0.05) is 24.2 Å². The topological polar surface area (TPSA) is 134 Å². The van der Waals surface area contributed by atoms with Gasteiger partial charge in [0.25, 0.3) is 0 Å². The molecule has 1 saturated carbocycles. The summed E-state index contributed by atoms with van der Waals surface area (Å²) < 4.78 is 3.32. The average Bonchev–Trinajstić information content (AvgIpc) is 3.68. The van der Waals surface area contributed by atoms with Crippen LogP contribution in [0, 0.1) is 0 Å². The van der Waals surface area contributed by atoms with Gasteiger partial charge in [-0.1, -0.05) is 60.7 Å². The lowest BCUT2D eigenvalue weighted by Gasteiger charge is -2.20. The predicted octanol–water partition coefficient (Wildman–Crippen LogP) is 3.32. The maximum atomic E-state index is 11.0. The number of aliphatic hydroxyl groups excluding tert-OH is 3. The van der Waals surface area contributed by atoms with Crippen molar-refractivity contribution in [2.45, 2.75) is 43.2 Å². The summed E-state index contributed by atoms with van der Waals surface area (Å²) >= 11 is 6.36. The van der Waals surface area contributed by atoms with Gasteiger partial charge in [-0.3, -0.25) is 4.68 Å². The lowest BCUT2D eigenvalue weighted by Crippen LogP contribution is -2.30. The van der Waals surface area contributed by atoms with Crippen LogP contribution in [0.4, 0.5) is 5.82 Å². The van der Waals surface area contributed by atoms with Crippen LogP contribution >= 0.6 is 11.6 Å². The molecule has 1 fully saturated rings. The van der Waals surface area contributed by atoms with Gasteiger partial charge in [-0.05, 0) is 29.1 Å². The predicted molar refractivity (Wildman–Crippen MR) is 146 cm³/mol. The molecule has 0 spiro atoms. The fourth-order valence-corrected chi connectivity index (χ4v) is 5.58. The highest BCUT2D eigenvalue weighted by molar-refractivity contribution is 6.28. The maximum absolute atomic E-state index is 11.0. The van der Waals surface area contributed by atoms with Crippen molar-refractivity contribution in [3.05, 3.63) is 101 Å². The minimum Gasteiger partial charge on any atom is -0.392 e. The third-order valence-corrected chi connectivity index (χ3v) is 7.60. The number of hydrogen-bond acceptors (Lipinski definition) is 8. The van der Waals surface area contributed by atoms with Crippen molar-refractivity contribution < 1.29 is 15.3 Å². The zero-order valence-electron chi connectivity index (χ0n) is 20.9. The van der Waals surface area contributed by atoms with Gasteiger partial charge in [0.05, 0.1) is 31.2 Å². The first-order chi connectivity index (χ1) is 19.0. The van der Waals surface area contributed by atoms with E-state index in [2.05, 4.69) is 49.6 Å². The molecule has 1 unspecified atom stereocenters. The van der Waals surface area contributed by atoms with Gasteiger partial charge in [-0.2, -0.15) is 15.1 Å². The molecule has 0 aliphatic heterocycles. The molecule has 10 nitrogen and oxygen atoms in total. The van der Waals surface area contributed by atoms with E-state index in [0.29, 0.717) is 35.5 Å². The molecule has 2 aromatic carbocycles. The number of anilines is 1. The summed E-state index contributed by atoms with van der Waals surface area (Å²) in [6.45, 7) is 0.393. The first kappa shape index (κ1) is 25.4. The Kier molecular flexibility index (Phi) is 7.01. The molecule has 0 bridgehead atoms. The van der Waals surface area contributed by atoms with Gasteiger partial charge >= 0.3 is 0 Å². The average molecular weight is 546 g/mol. The van der Waals surface area contributed by atoms with Crippen molar-refractivity contribution in [2.24, 2.45) is 0 Å². The van der Waals surface area contributed by atoms with E-state index in [-0.39, 0.29) is 17.8 Å². The number of halogens is 1. The van der Waals surface area contributed by atoms with Crippen LogP contribution in [0.2, 0.25) is 5.28 Å². The normalized spacial score (nSPS) is 21.2. The van der Waals surface area contributed by atoms with Gasteiger partial charge in [-0.15, -0.1) is 0 Å². The molecule has 11 heteroatoms. The summed E-state index contributed by atoms with van der Waals surface area (Å²) in [6, 6.07) is 19.5. The third kappa shape index (κ3) is 4.87. The van der Waals surface area contributed by atoms with E-state index in [0.717, 1.165) is 11.1 Å². The number of aromatic nitrogens is 6. The molecule has 5 aromatic rings. The molecule has 6 rings (SSSR count). The molecule has 200 valence electrons. The van der Waals surface area contributed by atoms with Crippen LogP contribution in [0.3, 0.4) is 0 Å². The number of fused-ring (bicyclic) bond motifs is 1. The van der Waals surface area contributed by atoms with Crippen molar-refractivity contribution in [3.63, 3.8) is 0 Å². The Balaban J connectivity index is 1.30. The summed E-state index contributed by atoms with van der Waals surface area (Å²) in [5.74, 6) is 0.550. The number of nitrogens with one attached hydrogen (secondary N) is 1. The lowest BCUT2D eigenvalue weighted by atomic mass is 9.91. The van der Waals surface area contributed by atoms with E-state index in [1.54, 1.807) is 28.0 Å². The van der Waals surface area contributed by atoms with E-state index in [1.165, 1.54) is 0 Å². The SMILES string of the molecule is OCc1cnn(C2C[C@@H](n3cnc4c(NCC(c5ccccc5)c5ccccc5)nc(Cl)nc43)[C@H](O)[C@H]2O)c1. The van der Waals surface area contributed by atoms with Gasteiger partial charge < -0.3 is 25.2 Å². The number of imidazole rings is 1. The molecule has 0 saturated heterocycles. The standard InChI is InChI=1S/C28H28ClN7O3/c29-28-33-26(30-13-20(18-7-3-1-4-8-18)19-9-5-2-6-10-19)23-27(34-28)35(16-31-23)21-11-22(25(39)24(21)38)36-14-17(15-37)12-32-36/h1-10,12,14,16,20-22,24-25,37-39H,11,13,15H2,(H,30,33,34)/t21-,22?,24+,25+/m1/s1. The highest BCUT2D eigenvalue weighted by Crippen LogP contribution is 2.40. The van der Waals surface area contributed by atoms with Crippen molar-refractivity contribution in [1.82, 2.24) is 29.3 Å². The Morgan fingerprint density at radius 2 is 1.62 bits per heavy atom. The Bertz CT molecular complexity index is 1520. The molecule has 3 heterocycles. The summed E-state index contributed by atoms with van der Waals surface area (Å²) in [6.07, 6.45) is 3.05. The smallest absolute Gasteiger partial charge is 0.226 e. The monoisotopic (exact) mass is 545 g/mol. The number of hydrogen-bond donors (Lipinski definition) is 4. The van der Waals surface area contributed by atoms with Crippen molar-refractivity contribution in [1.29, 1.82) is 0 Å². The summed E-state index contributed by atoms with van der Waals surface area (Å²) in [4.78, 5) is 13.4. The molecule has 4 N–H and O–H groups in total. The van der Waals surface area contributed by atoms with E-state index in [1.807, 2.05) is 36.4 Å². The van der Waals surface area contributed by atoms with Crippen LogP contribution in [-0.2, 0) is 6.61 Å². The number of aliphatic hydroxyl groups is 3. The maximum Gasteiger partial charge on any atom is 0.226 e. The number of rotatable bonds is 8.